The summed E-state index contributed by atoms with van der Waals surface area (Å²) in [6, 6.07) is 8.11. The summed E-state index contributed by atoms with van der Waals surface area (Å²) >= 11 is 1.68. The number of rotatable bonds is 2. The molecule has 0 bridgehead atoms. The van der Waals surface area contributed by atoms with Gasteiger partial charge in [0.25, 0.3) is 0 Å². The summed E-state index contributed by atoms with van der Waals surface area (Å²) in [5, 5.41) is 1.02. The highest BCUT2D eigenvalue weighted by molar-refractivity contribution is 7.18. The molecule has 19 heavy (non-hydrogen) atoms. The zero-order valence-corrected chi connectivity index (χ0v) is 11.7. The molecule has 0 saturated carbocycles. The highest BCUT2D eigenvalue weighted by Crippen LogP contribution is 2.24. The van der Waals surface area contributed by atoms with Crippen LogP contribution in [0.3, 0.4) is 0 Å². The highest BCUT2D eigenvalue weighted by Gasteiger charge is 2.10. The van der Waals surface area contributed by atoms with Crippen molar-refractivity contribution in [2.24, 2.45) is 0 Å². The zero-order chi connectivity index (χ0) is 13.4. The summed E-state index contributed by atoms with van der Waals surface area (Å²) < 4.78 is 1.19. The van der Waals surface area contributed by atoms with Crippen molar-refractivity contribution in [1.29, 1.82) is 0 Å². The normalized spacial score (nSPS) is 11.1. The van der Waals surface area contributed by atoms with Crippen molar-refractivity contribution in [2.75, 3.05) is 5.73 Å². The number of nitrogens with two attached hydrogens (primary N) is 1. The number of fused-ring (bicyclic) bond motifs is 1. The smallest absolute Gasteiger partial charge is 0.145 e. The van der Waals surface area contributed by atoms with Gasteiger partial charge in [0.1, 0.15) is 5.82 Å². The van der Waals surface area contributed by atoms with Crippen LogP contribution in [-0.4, -0.2) is 15.0 Å². The maximum Gasteiger partial charge on any atom is 0.145 e. The predicted molar refractivity (Wildman–Crippen MR) is 78.3 cm³/mol. The standard InChI is InChI=1S/C14H14N4S/c1-8-9(2)17-14(15)11(16-8)7-13-18-10-5-3-4-6-12(10)19-13/h3-6H,7H2,1-2H3,(H2,15,17). The molecule has 1 aromatic carbocycles. The molecule has 0 aliphatic heterocycles. The number of nitrogens with zero attached hydrogens (tertiary/aromatic N) is 3. The number of para-hydroxylation sites is 1. The van der Waals surface area contributed by atoms with E-state index in [1.807, 2.05) is 32.0 Å². The maximum atomic E-state index is 5.94. The molecule has 2 heterocycles. The van der Waals surface area contributed by atoms with Gasteiger partial charge in [0, 0.05) is 6.42 Å². The minimum Gasteiger partial charge on any atom is -0.382 e. The van der Waals surface area contributed by atoms with Crippen LogP contribution in [0, 0.1) is 13.8 Å². The first-order chi connectivity index (χ1) is 9.13. The number of benzene rings is 1. The van der Waals surface area contributed by atoms with Crippen LogP contribution in [0.2, 0.25) is 0 Å². The van der Waals surface area contributed by atoms with Crippen molar-refractivity contribution >= 4 is 27.4 Å². The molecule has 0 unspecified atom stereocenters. The molecule has 0 radical (unpaired) electrons. The molecule has 2 aromatic heterocycles. The van der Waals surface area contributed by atoms with Crippen LogP contribution in [0.1, 0.15) is 22.1 Å². The van der Waals surface area contributed by atoms with E-state index in [2.05, 4.69) is 21.0 Å². The number of hydrogen-bond acceptors (Lipinski definition) is 5. The molecular formula is C14H14N4S. The molecule has 5 heteroatoms. The third kappa shape index (κ3) is 2.29. The molecule has 0 aliphatic carbocycles. The fourth-order valence-electron chi connectivity index (χ4n) is 1.94. The summed E-state index contributed by atoms with van der Waals surface area (Å²) in [4.78, 5) is 13.4. The maximum absolute atomic E-state index is 5.94. The monoisotopic (exact) mass is 270 g/mol. The van der Waals surface area contributed by atoms with E-state index in [0.717, 1.165) is 27.6 Å². The first-order valence-electron chi connectivity index (χ1n) is 6.07. The Balaban J connectivity index is 1.98. The molecule has 0 spiro atoms. The molecule has 0 amide bonds. The first kappa shape index (κ1) is 12.0. The molecular weight excluding hydrogens is 256 g/mol. The average molecular weight is 270 g/mol. The van der Waals surface area contributed by atoms with Crippen LogP contribution in [-0.2, 0) is 6.42 Å². The van der Waals surface area contributed by atoms with Gasteiger partial charge in [-0.1, -0.05) is 12.1 Å². The Morgan fingerprint density at radius 3 is 2.58 bits per heavy atom. The molecule has 3 aromatic rings. The van der Waals surface area contributed by atoms with Crippen molar-refractivity contribution in [2.45, 2.75) is 20.3 Å². The zero-order valence-electron chi connectivity index (χ0n) is 10.8. The Kier molecular flexibility index (Phi) is 2.91. The van der Waals surface area contributed by atoms with Gasteiger partial charge in [-0.05, 0) is 26.0 Å². The summed E-state index contributed by atoms with van der Waals surface area (Å²) in [6.45, 7) is 3.86. The van der Waals surface area contributed by atoms with E-state index in [1.54, 1.807) is 11.3 Å². The second kappa shape index (κ2) is 4.59. The Morgan fingerprint density at radius 1 is 1.05 bits per heavy atom. The lowest BCUT2D eigenvalue weighted by Gasteiger charge is -2.05. The Morgan fingerprint density at radius 2 is 1.79 bits per heavy atom. The molecule has 0 atom stereocenters. The summed E-state index contributed by atoms with van der Waals surface area (Å²) in [5.41, 5.74) is 9.57. The van der Waals surface area contributed by atoms with Gasteiger partial charge < -0.3 is 5.73 Å². The van der Waals surface area contributed by atoms with E-state index in [9.17, 15) is 0 Å². The third-order valence-corrected chi connectivity index (χ3v) is 4.10. The molecule has 0 fully saturated rings. The third-order valence-electron chi connectivity index (χ3n) is 3.07. The lowest BCUT2D eigenvalue weighted by Crippen LogP contribution is -2.05. The Hall–Kier alpha value is -2.01. The van der Waals surface area contributed by atoms with Crippen LogP contribution < -0.4 is 5.73 Å². The Labute approximate surface area is 115 Å². The van der Waals surface area contributed by atoms with Gasteiger partial charge in [-0.3, -0.25) is 4.98 Å². The molecule has 3 rings (SSSR count). The van der Waals surface area contributed by atoms with Gasteiger partial charge in [-0.25, -0.2) is 9.97 Å². The number of thiazole rings is 1. The first-order valence-corrected chi connectivity index (χ1v) is 6.89. The van der Waals surface area contributed by atoms with Crippen LogP contribution in [0.15, 0.2) is 24.3 Å². The van der Waals surface area contributed by atoms with Gasteiger partial charge in [-0.15, -0.1) is 11.3 Å². The van der Waals surface area contributed by atoms with Crippen LogP contribution in [0.4, 0.5) is 5.82 Å². The summed E-state index contributed by atoms with van der Waals surface area (Å²) in [6.07, 6.45) is 0.638. The lowest BCUT2D eigenvalue weighted by atomic mass is 10.2. The van der Waals surface area contributed by atoms with Gasteiger partial charge in [0.15, 0.2) is 0 Å². The fourth-order valence-corrected chi connectivity index (χ4v) is 2.91. The van der Waals surface area contributed by atoms with Crippen molar-refractivity contribution < 1.29 is 0 Å². The molecule has 0 saturated heterocycles. The van der Waals surface area contributed by atoms with Crippen molar-refractivity contribution in [3.8, 4) is 0 Å². The quantitative estimate of drug-likeness (QED) is 0.777. The largest absolute Gasteiger partial charge is 0.382 e. The van der Waals surface area contributed by atoms with E-state index in [0.29, 0.717) is 12.2 Å². The van der Waals surface area contributed by atoms with Crippen LogP contribution >= 0.6 is 11.3 Å². The van der Waals surface area contributed by atoms with Crippen molar-refractivity contribution in [3.63, 3.8) is 0 Å². The van der Waals surface area contributed by atoms with Gasteiger partial charge in [-0.2, -0.15) is 0 Å². The van der Waals surface area contributed by atoms with Crippen LogP contribution in [0.5, 0.6) is 0 Å². The number of aryl methyl sites for hydroxylation is 2. The number of aromatic nitrogens is 3. The minimum atomic E-state index is 0.502. The second-order valence-corrected chi connectivity index (χ2v) is 5.59. The van der Waals surface area contributed by atoms with E-state index in [-0.39, 0.29) is 0 Å². The highest BCUT2D eigenvalue weighted by atomic mass is 32.1. The fraction of sp³-hybridized carbons (Fsp3) is 0.214. The topological polar surface area (TPSA) is 64.7 Å². The van der Waals surface area contributed by atoms with Gasteiger partial charge in [0.2, 0.25) is 0 Å². The predicted octanol–water partition coefficient (Wildman–Crippen LogP) is 2.88. The molecule has 2 N–H and O–H groups in total. The van der Waals surface area contributed by atoms with E-state index in [1.165, 1.54) is 4.70 Å². The number of hydrogen-bond donors (Lipinski definition) is 1. The average Bonchev–Trinajstić information content (AvgIpc) is 2.78. The van der Waals surface area contributed by atoms with Crippen LogP contribution in [0.25, 0.3) is 10.2 Å². The number of nitrogen functional groups attached to an aromatic ring is 1. The van der Waals surface area contributed by atoms with Crippen molar-refractivity contribution in [3.05, 3.63) is 46.4 Å². The summed E-state index contributed by atoms with van der Waals surface area (Å²) in [7, 11) is 0. The molecule has 96 valence electrons. The SMILES string of the molecule is Cc1nc(N)c(Cc2nc3ccccc3s2)nc1C. The van der Waals surface area contributed by atoms with Gasteiger partial charge >= 0.3 is 0 Å². The Bertz CT molecular complexity index is 715. The molecule has 4 nitrogen and oxygen atoms in total. The van der Waals surface area contributed by atoms with E-state index >= 15 is 0 Å². The second-order valence-electron chi connectivity index (χ2n) is 4.48. The summed E-state index contributed by atoms with van der Waals surface area (Å²) in [5.74, 6) is 0.502. The lowest BCUT2D eigenvalue weighted by molar-refractivity contribution is 0.965. The van der Waals surface area contributed by atoms with Gasteiger partial charge in [0.05, 0.1) is 32.3 Å². The van der Waals surface area contributed by atoms with E-state index < -0.39 is 0 Å². The van der Waals surface area contributed by atoms with E-state index in [4.69, 9.17) is 5.73 Å². The molecule has 0 aliphatic rings. The number of anilines is 1. The minimum absolute atomic E-state index is 0.502. The van der Waals surface area contributed by atoms with Crippen molar-refractivity contribution in [1.82, 2.24) is 15.0 Å².